The van der Waals surface area contributed by atoms with E-state index in [1.165, 1.54) is 0 Å². The third-order valence-corrected chi connectivity index (χ3v) is 4.45. The summed E-state index contributed by atoms with van der Waals surface area (Å²) in [5, 5.41) is 0. The van der Waals surface area contributed by atoms with Gasteiger partial charge in [0, 0.05) is 25.7 Å². The van der Waals surface area contributed by atoms with Crippen LogP contribution in [0, 0.1) is 0 Å². The molecule has 0 amide bonds. The quantitative estimate of drug-likeness (QED) is 0.799. The van der Waals surface area contributed by atoms with Crippen molar-refractivity contribution in [1.82, 2.24) is 9.88 Å². The van der Waals surface area contributed by atoms with Gasteiger partial charge in [-0.05, 0) is 26.1 Å². The van der Waals surface area contributed by atoms with Crippen LogP contribution in [0.4, 0.5) is 11.4 Å². The van der Waals surface area contributed by atoms with Crippen LogP contribution in [0.15, 0.2) is 17.6 Å². The van der Waals surface area contributed by atoms with Gasteiger partial charge in [-0.1, -0.05) is 0 Å². The van der Waals surface area contributed by atoms with Crippen LogP contribution in [0.25, 0.3) is 10.2 Å². The Morgan fingerprint density at radius 1 is 1.39 bits per heavy atom. The maximum absolute atomic E-state index is 6.28. The number of rotatable bonds is 1. The molecular formula is C13H18N4S. The van der Waals surface area contributed by atoms with E-state index in [1.807, 2.05) is 5.51 Å². The molecular weight excluding hydrogens is 244 g/mol. The van der Waals surface area contributed by atoms with Gasteiger partial charge in [0.25, 0.3) is 0 Å². The fraction of sp³-hybridized carbons (Fsp3) is 0.462. The van der Waals surface area contributed by atoms with Crippen LogP contribution in [-0.4, -0.2) is 42.6 Å². The molecule has 1 aliphatic heterocycles. The lowest BCUT2D eigenvalue weighted by Gasteiger charge is -2.40. The number of fused-ring (bicyclic) bond motifs is 1. The lowest BCUT2D eigenvalue weighted by Crippen LogP contribution is -2.50. The van der Waals surface area contributed by atoms with Gasteiger partial charge < -0.3 is 15.5 Å². The van der Waals surface area contributed by atoms with Gasteiger partial charge >= 0.3 is 0 Å². The number of anilines is 2. The van der Waals surface area contributed by atoms with Crippen molar-refractivity contribution in [1.29, 1.82) is 0 Å². The number of piperazine rings is 1. The van der Waals surface area contributed by atoms with Crippen LogP contribution >= 0.6 is 11.3 Å². The minimum atomic E-state index is 0.488. The van der Waals surface area contributed by atoms with Crippen LogP contribution < -0.4 is 10.6 Å². The van der Waals surface area contributed by atoms with E-state index in [-0.39, 0.29) is 0 Å². The van der Waals surface area contributed by atoms with E-state index in [0.29, 0.717) is 6.04 Å². The van der Waals surface area contributed by atoms with Gasteiger partial charge in [0.2, 0.25) is 0 Å². The first kappa shape index (κ1) is 11.7. The Morgan fingerprint density at radius 3 is 3.00 bits per heavy atom. The van der Waals surface area contributed by atoms with Crippen molar-refractivity contribution in [3.63, 3.8) is 0 Å². The van der Waals surface area contributed by atoms with E-state index in [9.17, 15) is 0 Å². The summed E-state index contributed by atoms with van der Waals surface area (Å²) in [6, 6.07) is 4.75. The van der Waals surface area contributed by atoms with Crippen molar-refractivity contribution < 1.29 is 0 Å². The summed E-state index contributed by atoms with van der Waals surface area (Å²) in [4.78, 5) is 9.13. The van der Waals surface area contributed by atoms with Crippen LogP contribution in [0.1, 0.15) is 6.92 Å². The lowest BCUT2D eigenvalue weighted by atomic mass is 10.1. The summed E-state index contributed by atoms with van der Waals surface area (Å²) in [5.74, 6) is 0. The molecule has 0 radical (unpaired) electrons. The number of hydrogen-bond donors (Lipinski definition) is 1. The normalized spacial score (nSPS) is 21.7. The molecule has 1 aromatic heterocycles. The molecule has 0 bridgehead atoms. The fourth-order valence-corrected chi connectivity index (χ4v) is 3.38. The highest BCUT2D eigenvalue weighted by Gasteiger charge is 2.23. The molecule has 3 rings (SSSR count). The zero-order chi connectivity index (χ0) is 12.7. The highest BCUT2D eigenvalue weighted by atomic mass is 32.1. The molecule has 0 spiro atoms. The third kappa shape index (κ3) is 1.83. The second kappa shape index (κ2) is 4.40. The van der Waals surface area contributed by atoms with E-state index < -0.39 is 0 Å². The number of nitrogens with two attached hydrogens (primary N) is 1. The molecule has 5 heteroatoms. The molecule has 4 nitrogen and oxygen atoms in total. The first-order valence-corrected chi connectivity index (χ1v) is 7.11. The summed E-state index contributed by atoms with van der Waals surface area (Å²) < 4.78 is 1.16. The van der Waals surface area contributed by atoms with Crippen LogP contribution in [0.2, 0.25) is 0 Å². The second-order valence-electron chi connectivity index (χ2n) is 5.00. The van der Waals surface area contributed by atoms with Gasteiger partial charge in [0.05, 0.1) is 21.6 Å². The molecule has 1 saturated heterocycles. The molecule has 2 aromatic rings. The second-order valence-corrected chi connectivity index (χ2v) is 5.89. The molecule has 1 unspecified atom stereocenters. The van der Waals surface area contributed by atoms with E-state index in [1.54, 1.807) is 11.3 Å². The topological polar surface area (TPSA) is 45.4 Å². The van der Waals surface area contributed by atoms with Crippen molar-refractivity contribution in [2.75, 3.05) is 37.3 Å². The maximum atomic E-state index is 6.28. The molecule has 0 aliphatic carbocycles. The standard InChI is InChI=1S/C13H18N4S/c1-9-7-16(2)5-6-17(9)10-3-4-11-13(12(10)14)15-8-18-11/h3-4,8-9H,5-7,14H2,1-2H3. The van der Waals surface area contributed by atoms with Gasteiger partial charge in [-0.15, -0.1) is 11.3 Å². The highest BCUT2D eigenvalue weighted by Crippen LogP contribution is 2.34. The van der Waals surface area contributed by atoms with Gasteiger partial charge in [-0.3, -0.25) is 0 Å². The van der Waals surface area contributed by atoms with Gasteiger partial charge in [-0.25, -0.2) is 4.98 Å². The van der Waals surface area contributed by atoms with Gasteiger partial charge in [0.15, 0.2) is 0 Å². The molecule has 1 fully saturated rings. The van der Waals surface area contributed by atoms with Crippen LogP contribution in [-0.2, 0) is 0 Å². The van der Waals surface area contributed by atoms with Gasteiger partial charge in [-0.2, -0.15) is 0 Å². The Bertz CT molecular complexity index is 565. The first-order valence-electron chi connectivity index (χ1n) is 6.23. The highest BCUT2D eigenvalue weighted by molar-refractivity contribution is 7.16. The Kier molecular flexibility index (Phi) is 2.87. The van der Waals surface area contributed by atoms with Crippen molar-refractivity contribution in [2.24, 2.45) is 0 Å². The molecule has 2 N–H and O–H groups in total. The molecule has 18 heavy (non-hydrogen) atoms. The molecule has 1 atom stereocenters. The van der Waals surface area contributed by atoms with Crippen molar-refractivity contribution >= 4 is 32.9 Å². The number of likely N-dealkylation sites (N-methyl/N-ethyl adjacent to an activating group) is 1. The zero-order valence-electron chi connectivity index (χ0n) is 10.8. The molecule has 2 heterocycles. The Labute approximate surface area is 111 Å². The average molecular weight is 262 g/mol. The number of nitrogens with zero attached hydrogens (tertiary/aromatic N) is 3. The number of benzene rings is 1. The first-order chi connectivity index (χ1) is 8.66. The van der Waals surface area contributed by atoms with Crippen LogP contribution in [0.3, 0.4) is 0 Å². The predicted octanol–water partition coefficient (Wildman–Crippen LogP) is 2.02. The summed E-state index contributed by atoms with van der Waals surface area (Å²) in [7, 11) is 2.17. The fourth-order valence-electron chi connectivity index (χ4n) is 2.69. The number of aromatic nitrogens is 1. The summed E-state index contributed by atoms with van der Waals surface area (Å²) >= 11 is 1.64. The Hall–Kier alpha value is -1.33. The summed E-state index contributed by atoms with van der Waals surface area (Å²) in [5.41, 5.74) is 11.0. The number of nitrogen functional groups attached to an aromatic ring is 1. The van der Waals surface area contributed by atoms with Crippen molar-refractivity contribution in [3.8, 4) is 0 Å². The van der Waals surface area contributed by atoms with E-state index in [2.05, 4.69) is 40.9 Å². The average Bonchev–Trinajstić information content (AvgIpc) is 2.80. The van der Waals surface area contributed by atoms with E-state index in [4.69, 9.17) is 5.73 Å². The van der Waals surface area contributed by atoms with E-state index in [0.717, 1.165) is 41.2 Å². The predicted molar refractivity (Wildman–Crippen MR) is 78.3 cm³/mol. The minimum Gasteiger partial charge on any atom is -0.395 e. The van der Waals surface area contributed by atoms with Crippen LogP contribution in [0.5, 0.6) is 0 Å². The molecule has 0 saturated carbocycles. The monoisotopic (exact) mass is 262 g/mol. The maximum Gasteiger partial charge on any atom is 0.106 e. The Balaban J connectivity index is 2.01. The zero-order valence-corrected chi connectivity index (χ0v) is 11.6. The number of thiazole rings is 1. The number of hydrogen-bond acceptors (Lipinski definition) is 5. The minimum absolute atomic E-state index is 0.488. The largest absolute Gasteiger partial charge is 0.395 e. The smallest absolute Gasteiger partial charge is 0.106 e. The molecule has 96 valence electrons. The van der Waals surface area contributed by atoms with Crippen molar-refractivity contribution in [3.05, 3.63) is 17.6 Å². The lowest BCUT2D eigenvalue weighted by molar-refractivity contribution is 0.276. The SMILES string of the molecule is CC1CN(C)CCN1c1ccc2scnc2c1N. The van der Waals surface area contributed by atoms with Crippen molar-refractivity contribution in [2.45, 2.75) is 13.0 Å². The third-order valence-electron chi connectivity index (χ3n) is 3.66. The Morgan fingerprint density at radius 2 is 2.22 bits per heavy atom. The summed E-state index contributed by atoms with van der Waals surface area (Å²) in [6.45, 7) is 5.44. The summed E-state index contributed by atoms with van der Waals surface area (Å²) in [6.07, 6.45) is 0. The van der Waals surface area contributed by atoms with E-state index >= 15 is 0 Å². The molecule has 1 aromatic carbocycles. The molecule has 1 aliphatic rings. The van der Waals surface area contributed by atoms with Gasteiger partial charge in [0.1, 0.15) is 5.52 Å².